The summed E-state index contributed by atoms with van der Waals surface area (Å²) in [7, 11) is 0. The number of ether oxygens (including phenoxy) is 2. The van der Waals surface area contributed by atoms with E-state index >= 15 is 0 Å². The minimum Gasteiger partial charge on any atom is -0.353 e. The Labute approximate surface area is 79.6 Å². The maximum atomic E-state index is 8.44. The second kappa shape index (κ2) is 5.95. The van der Waals surface area contributed by atoms with E-state index in [4.69, 9.17) is 14.7 Å². The van der Waals surface area contributed by atoms with Crippen molar-refractivity contribution in [1.29, 1.82) is 5.26 Å². The molecule has 13 heavy (non-hydrogen) atoms. The van der Waals surface area contributed by atoms with E-state index < -0.39 is 0 Å². The van der Waals surface area contributed by atoms with E-state index in [0.717, 1.165) is 19.4 Å². The first kappa shape index (κ1) is 10.5. The molecule has 1 aliphatic rings. The van der Waals surface area contributed by atoms with Gasteiger partial charge < -0.3 is 9.47 Å². The smallest absolute Gasteiger partial charge is 0.157 e. The van der Waals surface area contributed by atoms with Crippen molar-refractivity contribution in [2.75, 3.05) is 13.2 Å². The Morgan fingerprint density at radius 2 is 2.46 bits per heavy atom. The molecule has 1 rings (SSSR count). The van der Waals surface area contributed by atoms with Crippen LogP contribution in [0.5, 0.6) is 0 Å². The predicted molar refractivity (Wildman–Crippen MR) is 48.9 cm³/mol. The van der Waals surface area contributed by atoms with Gasteiger partial charge in [-0.1, -0.05) is 6.92 Å². The van der Waals surface area contributed by atoms with Crippen LogP contribution in [0.15, 0.2) is 0 Å². The van der Waals surface area contributed by atoms with Crippen LogP contribution in [0.25, 0.3) is 0 Å². The lowest BCUT2D eigenvalue weighted by molar-refractivity contribution is -0.167. The minimum atomic E-state index is -0.0186. The van der Waals surface area contributed by atoms with Gasteiger partial charge in [-0.2, -0.15) is 5.26 Å². The maximum absolute atomic E-state index is 8.44. The predicted octanol–water partition coefficient (Wildman–Crippen LogP) is 2.08. The van der Waals surface area contributed by atoms with Crippen LogP contribution in [0, 0.1) is 17.2 Å². The van der Waals surface area contributed by atoms with E-state index in [1.165, 1.54) is 6.42 Å². The Kier molecular flexibility index (Phi) is 4.81. The van der Waals surface area contributed by atoms with Gasteiger partial charge >= 0.3 is 0 Å². The summed E-state index contributed by atoms with van der Waals surface area (Å²) in [6.07, 6.45) is 3.88. The van der Waals surface area contributed by atoms with Gasteiger partial charge in [0.2, 0.25) is 0 Å². The first-order valence-corrected chi connectivity index (χ1v) is 4.93. The van der Waals surface area contributed by atoms with Gasteiger partial charge in [0.15, 0.2) is 6.29 Å². The lowest BCUT2D eigenvalue weighted by atomic mass is 10.1. The Morgan fingerprint density at radius 1 is 1.62 bits per heavy atom. The van der Waals surface area contributed by atoms with Crippen LogP contribution in [-0.4, -0.2) is 19.5 Å². The lowest BCUT2D eigenvalue weighted by Crippen LogP contribution is -2.24. The molecule has 1 fully saturated rings. The first-order valence-electron chi connectivity index (χ1n) is 4.93. The van der Waals surface area contributed by atoms with E-state index in [2.05, 4.69) is 6.07 Å². The summed E-state index contributed by atoms with van der Waals surface area (Å²) in [6.45, 7) is 3.47. The number of nitrogens with zero attached hydrogens (tertiary/aromatic N) is 1. The van der Waals surface area contributed by atoms with Crippen LogP contribution in [0.3, 0.4) is 0 Å². The molecule has 0 spiro atoms. The zero-order chi connectivity index (χ0) is 9.52. The van der Waals surface area contributed by atoms with E-state index in [0.29, 0.717) is 18.9 Å². The Hall–Kier alpha value is -0.590. The SMILES string of the molecule is C[C@H](CC#N)COC1CCCCO1. The van der Waals surface area contributed by atoms with Gasteiger partial charge in [-0.15, -0.1) is 0 Å². The number of nitriles is 1. The van der Waals surface area contributed by atoms with Gasteiger partial charge in [-0.3, -0.25) is 0 Å². The monoisotopic (exact) mass is 183 g/mol. The summed E-state index contributed by atoms with van der Waals surface area (Å²) >= 11 is 0. The molecule has 1 unspecified atom stereocenters. The third kappa shape index (κ3) is 4.25. The molecule has 0 aliphatic carbocycles. The molecule has 0 bridgehead atoms. The quantitative estimate of drug-likeness (QED) is 0.670. The average molecular weight is 183 g/mol. The number of hydrogen-bond acceptors (Lipinski definition) is 3. The van der Waals surface area contributed by atoms with Crippen LogP contribution in [0.1, 0.15) is 32.6 Å². The summed E-state index contributed by atoms with van der Waals surface area (Å²) in [5, 5.41) is 8.44. The highest BCUT2D eigenvalue weighted by atomic mass is 16.7. The normalized spacial score (nSPS) is 25.1. The van der Waals surface area contributed by atoms with Gasteiger partial charge in [-0.25, -0.2) is 0 Å². The second-order valence-corrected chi connectivity index (χ2v) is 3.60. The van der Waals surface area contributed by atoms with Crippen LogP contribution in [-0.2, 0) is 9.47 Å². The molecule has 2 atom stereocenters. The molecule has 0 saturated carbocycles. The molecule has 3 heteroatoms. The Bertz CT molecular complexity index is 170. The number of hydrogen-bond donors (Lipinski definition) is 0. The van der Waals surface area contributed by atoms with Gasteiger partial charge in [-0.05, 0) is 25.2 Å². The average Bonchev–Trinajstić information content (AvgIpc) is 2.17. The van der Waals surface area contributed by atoms with Gasteiger partial charge in [0.05, 0.1) is 12.7 Å². The van der Waals surface area contributed by atoms with Gasteiger partial charge in [0.25, 0.3) is 0 Å². The van der Waals surface area contributed by atoms with Crippen molar-refractivity contribution in [3.63, 3.8) is 0 Å². The van der Waals surface area contributed by atoms with Crippen LogP contribution >= 0.6 is 0 Å². The van der Waals surface area contributed by atoms with Crippen LogP contribution in [0.4, 0.5) is 0 Å². The molecule has 0 amide bonds. The third-order valence-electron chi connectivity index (χ3n) is 2.14. The van der Waals surface area contributed by atoms with Crippen LogP contribution < -0.4 is 0 Å². The summed E-state index contributed by atoms with van der Waals surface area (Å²) in [5.41, 5.74) is 0. The molecular weight excluding hydrogens is 166 g/mol. The second-order valence-electron chi connectivity index (χ2n) is 3.60. The zero-order valence-corrected chi connectivity index (χ0v) is 8.16. The highest BCUT2D eigenvalue weighted by Gasteiger charge is 2.14. The molecular formula is C10H17NO2. The Balaban J connectivity index is 2.07. The zero-order valence-electron chi connectivity index (χ0n) is 8.16. The summed E-state index contributed by atoms with van der Waals surface area (Å²) in [4.78, 5) is 0. The van der Waals surface area contributed by atoms with Crippen molar-refractivity contribution < 1.29 is 9.47 Å². The molecule has 0 N–H and O–H groups in total. The van der Waals surface area contributed by atoms with Crippen molar-refractivity contribution in [3.8, 4) is 6.07 Å². The van der Waals surface area contributed by atoms with Crippen molar-refractivity contribution in [3.05, 3.63) is 0 Å². The van der Waals surface area contributed by atoms with Gasteiger partial charge in [0, 0.05) is 13.0 Å². The molecule has 3 nitrogen and oxygen atoms in total. The Morgan fingerprint density at radius 3 is 3.08 bits per heavy atom. The molecule has 0 aromatic carbocycles. The first-order chi connectivity index (χ1) is 6.33. The fraction of sp³-hybridized carbons (Fsp3) is 0.900. The van der Waals surface area contributed by atoms with E-state index in [1.54, 1.807) is 0 Å². The largest absolute Gasteiger partial charge is 0.353 e. The molecule has 1 heterocycles. The van der Waals surface area contributed by atoms with Crippen molar-refractivity contribution in [2.24, 2.45) is 5.92 Å². The molecule has 1 aliphatic heterocycles. The minimum absolute atomic E-state index is 0.0186. The summed E-state index contributed by atoms with van der Waals surface area (Å²) < 4.78 is 10.9. The molecule has 0 aromatic heterocycles. The van der Waals surface area contributed by atoms with E-state index in [-0.39, 0.29) is 6.29 Å². The highest BCUT2D eigenvalue weighted by Crippen LogP contribution is 2.15. The maximum Gasteiger partial charge on any atom is 0.157 e. The van der Waals surface area contributed by atoms with Crippen LogP contribution in [0.2, 0.25) is 0 Å². The van der Waals surface area contributed by atoms with E-state index in [9.17, 15) is 0 Å². The van der Waals surface area contributed by atoms with Crippen molar-refractivity contribution in [2.45, 2.75) is 38.9 Å². The van der Waals surface area contributed by atoms with Crippen molar-refractivity contribution >= 4 is 0 Å². The lowest BCUT2D eigenvalue weighted by Gasteiger charge is -2.23. The molecule has 0 radical (unpaired) electrons. The molecule has 1 saturated heterocycles. The topological polar surface area (TPSA) is 42.2 Å². The van der Waals surface area contributed by atoms with Gasteiger partial charge in [0.1, 0.15) is 0 Å². The summed E-state index contributed by atoms with van der Waals surface area (Å²) in [5.74, 6) is 0.315. The van der Waals surface area contributed by atoms with E-state index in [1.807, 2.05) is 6.92 Å². The summed E-state index contributed by atoms with van der Waals surface area (Å²) in [6, 6.07) is 2.13. The fourth-order valence-electron chi connectivity index (χ4n) is 1.33. The molecule has 0 aromatic rings. The highest BCUT2D eigenvalue weighted by molar-refractivity contribution is 4.72. The molecule has 74 valence electrons. The third-order valence-corrected chi connectivity index (χ3v) is 2.14. The fourth-order valence-corrected chi connectivity index (χ4v) is 1.33. The van der Waals surface area contributed by atoms with Crippen molar-refractivity contribution in [1.82, 2.24) is 0 Å². The standard InChI is InChI=1S/C10H17NO2/c1-9(5-6-11)8-13-10-4-2-3-7-12-10/h9-10H,2-5,7-8H2,1H3/t9-,10?/m1/s1. The number of rotatable bonds is 4.